The molecule has 0 aliphatic carbocycles. The Morgan fingerprint density at radius 1 is 1.31 bits per heavy atom. The summed E-state index contributed by atoms with van der Waals surface area (Å²) in [5.41, 5.74) is 9.83. The van der Waals surface area contributed by atoms with Gasteiger partial charge in [-0.05, 0) is 42.3 Å². The van der Waals surface area contributed by atoms with Crippen LogP contribution in [0.3, 0.4) is 0 Å². The van der Waals surface area contributed by atoms with Crippen LogP contribution in [-0.4, -0.2) is 71.8 Å². The van der Waals surface area contributed by atoms with Crippen LogP contribution in [0.5, 0.6) is 0 Å². The van der Waals surface area contributed by atoms with E-state index in [2.05, 4.69) is 20.4 Å². The van der Waals surface area contributed by atoms with Gasteiger partial charge in [0.2, 0.25) is 0 Å². The molecule has 1 aliphatic rings. The average Bonchev–Trinajstić information content (AvgIpc) is 3.59. The number of amides is 1. The number of carbonyl (C=O) groups is 1. The standard InChI is InChI=1S/C23H28N10O.ClH/c1-4-19(30(3)23(34)17-7-5-6-8-20(17)33-14-25-28-29-33)18-11-21-26-22(15(2)12-32(21)27-18)31-10-9-16(24)13-31;/h5-8,11-12,14,16,19H,4,9-10,13,24H2,1-3H3;1H/t16-,19-;/m0./s1. The molecule has 4 aromatic rings. The van der Waals surface area contributed by atoms with Crippen LogP contribution in [0.25, 0.3) is 11.3 Å². The highest BCUT2D eigenvalue weighted by Gasteiger charge is 2.27. The average molecular weight is 497 g/mol. The van der Waals surface area contributed by atoms with E-state index in [1.165, 1.54) is 11.0 Å². The van der Waals surface area contributed by atoms with Crippen molar-refractivity contribution in [1.29, 1.82) is 0 Å². The van der Waals surface area contributed by atoms with E-state index in [4.69, 9.17) is 15.8 Å². The molecule has 12 heteroatoms. The molecule has 2 N–H and O–H groups in total. The first kappa shape index (κ1) is 24.6. The van der Waals surface area contributed by atoms with Crippen LogP contribution in [0.4, 0.5) is 5.82 Å². The molecule has 1 aliphatic heterocycles. The third kappa shape index (κ3) is 4.56. The second-order valence-electron chi connectivity index (χ2n) is 8.73. The predicted molar refractivity (Wildman–Crippen MR) is 134 cm³/mol. The molecule has 0 unspecified atom stereocenters. The first-order chi connectivity index (χ1) is 16.5. The van der Waals surface area contributed by atoms with Gasteiger partial charge in [0.15, 0.2) is 5.65 Å². The summed E-state index contributed by atoms with van der Waals surface area (Å²) >= 11 is 0. The minimum absolute atomic E-state index is 0. The highest BCUT2D eigenvalue weighted by molar-refractivity contribution is 5.97. The summed E-state index contributed by atoms with van der Waals surface area (Å²) in [6, 6.07) is 9.21. The normalized spacial score (nSPS) is 16.3. The van der Waals surface area contributed by atoms with Crippen LogP contribution in [0, 0.1) is 6.92 Å². The van der Waals surface area contributed by atoms with E-state index in [1.54, 1.807) is 22.5 Å². The van der Waals surface area contributed by atoms with Crippen molar-refractivity contribution >= 4 is 29.8 Å². The van der Waals surface area contributed by atoms with Gasteiger partial charge in [0.05, 0.1) is 23.0 Å². The largest absolute Gasteiger partial charge is 0.355 e. The Balaban J connectivity index is 0.00000289. The Labute approximate surface area is 209 Å². The summed E-state index contributed by atoms with van der Waals surface area (Å²) in [5.74, 6) is 0.811. The maximum absolute atomic E-state index is 13.5. The van der Waals surface area contributed by atoms with Gasteiger partial charge in [0, 0.05) is 44.0 Å². The molecule has 0 radical (unpaired) electrons. The number of fused-ring (bicyclic) bond motifs is 1. The minimum Gasteiger partial charge on any atom is -0.355 e. The fourth-order valence-corrected chi connectivity index (χ4v) is 4.62. The molecule has 5 rings (SSSR count). The molecule has 11 nitrogen and oxygen atoms in total. The van der Waals surface area contributed by atoms with E-state index in [0.29, 0.717) is 17.7 Å². The number of rotatable bonds is 6. The summed E-state index contributed by atoms with van der Waals surface area (Å²) in [6.07, 6.45) is 5.14. The smallest absolute Gasteiger partial charge is 0.256 e. The van der Waals surface area contributed by atoms with Gasteiger partial charge in [-0.3, -0.25) is 4.79 Å². The van der Waals surface area contributed by atoms with Crippen LogP contribution in [0.1, 0.15) is 47.4 Å². The van der Waals surface area contributed by atoms with Crippen molar-refractivity contribution in [2.75, 3.05) is 25.0 Å². The lowest BCUT2D eigenvalue weighted by molar-refractivity contribution is 0.0722. The van der Waals surface area contributed by atoms with Gasteiger partial charge in [0.1, 0.15) is 12.1 Å². The Kier molecular flexibility index (Phi) is 6.99. The van der Waals surface area contributed by atoms with E-state index >= 15 is 0 Å². The molecule has 3 aromatic heterocycles. The van der Waals surface area contributed by atoms with Crippen molar-refractivity contribution in [3.05, 3.63) is 59.7 Å². The van der Waals surface area contributed by atoms with Gasteiger partial charge in [-0.25, -0.2) is 9.50 Å². The number of carbonyl (C=O) groups excluding carboxylic acids is 1. The molecule has 2 atom stereocenters. The fourth-order valence-electron chi connectivity index (χ4n) is 4.62. The monoisotopic (exact) mass is 496 g/mol. The zero-order valence-corrected chi connectivity index (χ0v) is 20.8. The highest BCUT2D eigenvalue weighted by Crippen LogP contribution is 2.28. The first-order valence-corrected chi connectivity index (χ1v) is 11.4. The molecule has 1 amide bonds. The summed E-state index contributed by atoms with van der Waals surface area (Å²) < 4.78 is 3.28. The highest BCUT2D eigenvalue weighted by atomic mass is 35.5. The van der Waals surface area contributed by atoms with E-state index < -0.39 is 0 Å². The number of halogens is 1. The van der Waals surface area contributed by atoms with Gasteiger partial charge >= 0.3 is 0 Å². The number of aromatic nitrogens is 7. The van der Waals surface area contributed by atoms with Crippen LogP contribution < -0.4 is 10.6 Å². The minimum atomic E-state index is -0.222. The number of hydrogen-bond donors (Lipinski definition) is 1. The number of benzene rings is 1. The molecule has 1 aromatic carbocycles. The van der Waals surface area contributed by atoms with E-state index in [1.807, 2.05) is 44.3 Å². The molecule has 0 spiro atoms. The van der Waals surface area contributed by atoms with Crippen molar-refractivity contribution in [2.45, 2.75) is 38.8 Å². The van der Waals surface area contributed by atoms with Gasteiger partial charge in [-0.1, -0.05) is 19.1 Å². The van der Waals surface area contributed by atoms with Crippen molar-refractivity contribution in [1.82, 2.24) is 39.7 Å². The molecule has 1 fully saturated rings. The first-order valence-electron chi connectivity index (χ1n) is 11.4. The second kappa shape index (κ2) is 9.96. The molecule has 184 valence electrons. The number of nitrogens with zero attached hydrogens (tertiary/aromatic N) is 9. The van der Waals surface area contributed by atoms with Crippen LogP contribution in [0.15, 0.2) is 42.9 Å². The maximum Gasteiger partial charge on any atom is 0.256 e. The third-order valence-corrected chi connectivity index (χ3v) is 6.39. The SMILES string of the molecule is CC[C@@H](c1cc2nc(N3CC[C@H](N)C3)c(C)cn2n1)N(C)C(=O)c1ccccc1-n1cnnn1.Cl. The summed E-state index contributed by atoms with van der Waals surface area (Å²) in [6.45, 7) is 5.79. The molecule has 4 heterocycles. The van der Waals surface area contributed by atoms with Crippen LogP contribution >= 0.6 is 12.4 Å². The van der Waals surface area contributed by atoms with E-state index in [-0.39, 0.29) is 30.4 Å². The van der Waals surface area contributed by atoms with Crippen molar-refractivity contribution in [3.8, 4) is 5.69 Å². The predicted octanol–water partition coefficient (Wildman–Crippen LogP) is 2.20. The molecular weight excluding hydrogens is 468 g/mol. The van der Waals surface area contributed by atoms with Gasteiger partial charge in [-0.2, -0.15) is 9.78 Å². The lowest BCUT2D eigenvalue weighted by Gasteiger charge is -2.26. The third-order valence-electron chi connectivity index (χ3n) is 6.39. The molecule has 0 saturated carbocycles. The quantitative estimate of drug-likeness (QED) is 0.431. The van der Waals surface area contributed by atoms with Crippen LogP contribution in [0.2, 0.25) is 0 Å². The fraction of sp³-hybridized carbons (Fsp3) is 0.391. The zero-order valence-electron chi connectivity index (χ0n) is 19.9. The Morgan fingerprint density at radius 3 is 2.80 bits per heavy atom. The lowest BCUT2D eigenvalue weighted by atomic mass is 10.1. The molecule has 35 heavy (non-hydrogen) atoms. The number of para-hydroxylation sites is 1. The zero-order chi connectivity index (χ0) is 23.8. The number of tetrazole rings is 1. The summed E-state index contributed by atoms with van der Waals surface area (Å²) in [7, 11) is 1.80. The van der Waals surface area contributed by atoms with Crippen molar-refractivity contribution in [2.24, 2.45) is 5.73 Å². The molecular formula is C23H29ClN10O. The summed E-state index contributed by atoms with van der Waals surface area (Å²) in [4.78, 5) is 22.4. The Hall–Kier alpha value is -3.57. The van der Waals surface area contributed by atoms with Crippen molar-refractivity contribution in [3.63, 3.8) is 0 Å². The van der Waals surface area contributed by atoms with E-state index in [0.717, 1.165) is 42.2 Å². The van der Waals surface area contributed by atoms with Crippen molar-refractivity contribution < 1.29 is 4.79 Å². The van der Waals surface area contributed by atoms with Gasteiger partial charge < -0.3 is 15.5 Å². The Bertz CT molecular complexity index is 1320. The number of hydrogen-bond acceptors (Lipinski definition) is 8. The number of nitrogens with two attached hydrogens (primary N) is 1. The van der Waals surface area contributed by atoms with Crippen LogP contribution in [-0.2, 0) is 0 Å². The summed E-state index contributed by atoms with van der Waals surface area (Å²) in [5, 5.41) is 16.1. The van der Waals surface area contributed by atoms with Gasteiger partial charge in [-0.15, -0.1) is 17.5 Å². The van der Waals surface area contributed by atoms with E-state index in [9.17, 15) is 4.79 Å². The van der Waals surface area contributed by atoms with Gasteiger partial charge in [0.25, 0.3) is 5.91 Å². The number of anilines is 1. The lowest BCUT2D eigenvalue weighted by Crippen LogP contribution is -2.32. The Morgan fingerprint density at radius 2 is 2.11 bits per heavy atom. The number of aryl methyl sites for hydroxylation is 1. The topological polar surface area (TPSA) is 123 Å². The molecule has 1 saturated heterocycles. The maximum atomic E-state index is 13.5. The second-order valence-corrected chi connectivity index (χ2v) is 8.73. The molecule has 0 bridgehead atoms.